The van der Waals surface area contributed by atoms with Gasteiger partial charge in [-0.25, -0.2) is 0 Å². The van der Waals surface area contributed by atoms with Gasteiger partial charge in [-0.3, -0.25) is 14.5 Å². The first-order valence-corrected chi connectivity index (χ1v) is 11.4. The second-order valence-electron chi connectivity index (χ2n) is 7.54. The Morgan fingerprint density at radius 1 is 1.16 bits per heavy atom. The van der Waals surface area contributed by atoms with E-state index in [-0.39, 0.29) is 18.4 Å². The zero-order chi connectivity index (χ0) is 22.5. The van der Waals surface area contributed by atoms with Gasteiger partial charge >= 0.3 is 0 Å². The number of carbonyl (C=O) groups is 2. The van der Waals surface area contributed by atoms with Crippen molar-refractivity contribution in [1.82, 2.24) is 15.0 Å². The Morgan fingerprint density at radius 3 is 2.56 bits per heavy atom. The van der Waals surface area contributed by atoms with Crippen molar-refractivity contribution in [3.8, 4) is 16.2 Å². The maximum absolute atomic E-state index is 13.3. The van der Waals surface area contributed by atoms with Gasteiger partial charge in [-0.2, -0.15) is 0 Å². The van der Waals surface area contributed by atoms with Crippen LogP contribution in [0.3, 0.4) is 0 Å². The predicted octanol–water partition coefficient (Wildman–Crippen LogP) is 3.51. The molecule has 1 fully saturated rings. The number of rotatable bonds is 7. The van der Waals surface area contributed by atoms with E-state index in [1.54, 1.807) is 13.0 Å². The van der Waals surface area contributed by atoms with Crippen molar-refractivity contribution in [2.75, 3.05) is 44.6 Å². The highest BCUT2D eigenvalue weighted by Crippen LogP contribution is 2.37. The van der Waals surface area contributed by atoms with Gasteiger partial charge in [0, 0.05) is 37.1 Å². The second kappa shape index (κ2) is 9.97. The summed E-state index contributed by atoms with van der Waals surface area (Å²) in [4.78, 5) is 31.0. The van der Waals surface area contributed by atoms with E-state index in [1.807, 2.05) is 53.1 Å². The third-order valence-electron chi connectivity index (χ3n) is 5.17. The van der Waals surface area contributed by atoms with Crippen LogP contribution in [0.25, 0.3) is 10.4 Å². The number of amides is 2. The minimum Gasteiger partial charge on any atom is -0.492 e. The molecule has 4 rings (SSSR count). The van der Waals surface area contributed by atoms with Crippen molar-refractivity contribution in [2.24, 2.45) is 0 Å². The maximum Gasteiger partial charge on any atom is 0.267 e. The van der Waals surface area contributed by atoms with Crippen LogP contribution < -0.4 is 10.1 Å². The summed E-state index contributed by atoms with van der Waals surface area (Å²) < 4.78 is 10.7. The summed E-state index contributed by atoms with van der Waals surface area (Å²) in [5.41, 5.74) is 1.07. The molecular weight excluding hydrogens is 428 g/mol. The normalized spacial score (nSPS) is 14.4. The molecule has 3 heterocycles. The quantitative estimate of drug-likeness (QED) is 0.588. The Balaban J connectivity index is 1.36. The van der Waals surface area contributed by atoms with Crippen LogP contribution in [0.2, 0.25) is 0 Å². The number of aryl methyl sites for hydroxylation is 1. The molecule has 2 amide bonds. The van der Waals surface area contributed by atoms with Gasteiger partial charge in [0.15, 0.2) is 5.82 Å². The third kappa shape index (κ3) is 5.17. The molecule has 1 aliphatic rings. The fraction of sp³-hybridized carbons (Fsp3) is 0.348. The molecule has 0 aliphatic carbocycles. The van der Waals surface area contributed by atoms with Crippen LogP contribution in [0, 0.1) is 6.92 Å². The predicted molar refractivity (Wildman–Crippen MR) is 123 cm³/mol. The molecule has 0 spiro atoms. The molecule has 8 nitrogen and oxygen atoms in total. The highest BCUT2D eigenvalue weighted by molar-refractivity contribution is 7.17. The van der Waals surface area contributed by atoms with Crippen molar-refractivity contribution >= 4 is 29.0 Å². The largest absolute Gasteiger partial charge is 0.492 e. The molecule has 1 aliphatic heterocycles. The van der Waals surface area contributed by atoms with E-state index in [4.69, 9.17) is 9.26 Å². The first-order valence-electron chi connectivity index (χ1n) is 10.6. The lowest BCUT2D eigenvalue weighted by atomic mass is 10.2. The smallest absolute Gasteiger partial charge is 0.267 e. The van der Waals surface area contributed by atoms with Gasteiger partial charge in [0.25, 0.3) is 5.91 Å². The zero-order valence-corrected chi connectivity index (χ0v) is 19.0. The van der Waals surface area contributed by atoms with E-state index in [1.165, 1.54) is 11.3 Å². The van der Waals surface area contributed by atoms with Crippen molar-refractivity contribution in [3.63, 3.8) is 0 Å². The lowest BCUT2D eigenvalue weighted by Gasteiger charge is -2.34. The third-order valence-corrected chi connectivity index (χ3v) is 6.33. The number of hydrogen-bond donors (Lipinski definition) is 1. The molecule has 168 valence electrons. The van der Waals surface area contributed by atoms with Crippen LogP contribution in [-0.4, -0.2) is 66.1 Å². The summed E-state index contributed by atoms with van der Waals surface area (Å²) in [5.74, 6) is 1.51. The molecule has 0 bridgehead atoms. The Hall–Kier alpha value is -3.17. The summed E-state index contributed by atoms with van der Waals surface area (Å²) >= 11 is 1.46. The van der Waals surface area contributed by atoms with Crippen LogP contribution in [-0.2, 0) is 4.79 Å². The van der Waals surface area contributed by atoms with E-state index >= 15 is 0 Å². The molecule has 0 unspecified atom stereocenters. The first-order chi connectivity index (χ1) is 15.5. The average Bonchev–Trinajstić information content (AvgIpc) is 3.40. The number of ether oxygens (including phenoxy) is 1. The van der Waals surface area contributed by atoms with Crippen molar-refractivity contribution in [2.45, 2.75) is 13.8 Å². The number of piperazine rings is 1. The van der Waals surface area contributed by atoms with E-state index < -0.39 is 0 Å². The van der Waals surface area contributed by atoms with Gasteiger partial charge < -0.3 is 19.5 Å². The number of nitrogens with one attached hydrogen (secondary N) is 1. The van der Waals surface area contributed by atoms with Crippen LogP contribution in [0.4, 0.5) is 5.82 Å². The van der Waals surface area contributed by atoms with Crippen molar-refractivity contribution in [3.05, 3.63) is 53.1 Å². The van der Waals surface area contributed by atoms with Crippen molar-refractivity contribution < 1.29 is 18.8 Å². The van der Waals surface area contributed by atoms with E-state index in [0.717, 1.165) is 10.4 Å². The molecule has 32 heavy (non-hydrogen) atoms. The highest BCUT2D eigenvalue weighted by Gasteiger charge is 2.27. The number of carbonyl (C=O) groups excluding carboxylic acids is 2. The first kappa shape index (κ1) is 22.0. The molecule has 9 heteroatoms. The summed E-state index contributed by atoms with van der Waals surface area (Å²) in [5, 5.41) is 6.50. The average molecular weight is 455 g/mol. The fourth-order valence-electron chi connectivity index (χ4n) is 3.59. The molecule has 1 aromatic carbocycles. The highest BCUT2D eigenvalue weighted by atomic mass is 32.1. The SMILES string of the molecule is CCOc1cc(-c2ccccc2)sc1C(=O)N1CCN(CC(=O)Nc2cc(C)on2)CC1. The summed E-state index contributed by atoms with van der Waals surface area (Å²) in [6, 6.07) is 13.6. The molecule has 0 radical (unpaired) electrons. The van der Waals surface area contributed by atoms with Crippen LogP contribution in [0.1, 0.15) is 22.4 Å². The monoisotopic (exact) mass is 454 g/mol. The van der Waals surface area contributed by atoms with E-state index in [0.29, 0.717) is 55.0 Å². The molecular formula is C23H26N4O4S. The van der Waals surface area contributed by atoms with Gasteiger partial charge in [0.2, 0.25) is 5.91 Å². The van der Waals surface area contributed by atoms with Gasteiger partial charge in [-0.1, -0.05) is 35.5 Å². The molecule has 0 saturated carbocycles. The number of anilines is 1. The Bertz CT molecular complexity index is 1070. The van der Waals surface area contributed by atoms with Crippen molar-refractivity contribution in [1.29, 1.82) is 0 Å². The molecule has 2 aromatic heterocycles. The van der Waals surface area contributed by atoms with Crippen LogP contribution in [0.15, 0.2) is 47.0 Å². The van der Waals surface area contributed by atoms with Gasteiger partial charge in [-0.05, 0) is 25.5 Å². The minimum absolute atomic E-state index is 0.0252. The second-order valence-corrected chi connectivity index (χ2v) is 8.59. The number of benzene rings is 1. The lowest BCUT2D eigenvalue weighted by Crippen LogP contribution is -2.50. The topological polar surface area (TPSA) is 87.9 Å². The summed E-state index contributed by atoms with van der Waals surface area (Å²) in [6.45, 7) is 6.79. The van der Waals surface area contributed by atoms with Gasteiger partial charge in [0.05, 0.1) is 13.2 Å². The zero-order valence-electron chi connectivity index (χ0n) is 18.2. The summed E-state index contributed by atoms with van der Waals surface area (Å²) in [6.07, 6.45) is 0. The molecule has 3 aromatic rings. The molecule has 1 N–H and O–H groups in total. The number of thiophene rings is 1. The Labute approximate surface area is 190 Å². The Kier molecular flexibility index (Phi) is 6.87. The number of hydrogen-bond acceptors (Lipinski definition) is 7. The molecule has 0 atom stereocenters. The van der Waals surface area contributed by atoms with Gasteiger partial charge in [0.1, 0.15) is 16.4 Å². The van der Waals surface area contributed by atoms with Crippen LogP contribution >= 0.6 is 11.3 Å². The van der Waals surface area contributed by atoms with Gasteiger partial charge in [-0.15, -0.1) is 11.3 Å². The van der Waals surface area contributed by atoms with E-state index in [2.05, 4.69) is 10.5 Å². The maximum atomic E-state index is 13.3. The fourth-order valence-corrected chi connectivity index (χ4v) is 4.67. The number of nitrogens with zero attached hydrogens (tertiary/aromatic N) is 3. The Morgan fingerprint density at radius 2 is 1.91 bits per heavy atom. The summed E-state index contributed by atoms with van der Waals surface area (Å²) in [7, 11) is 0. The minimum atomic E-state index is -0.150. The standard InChI is InChI=1S/C23H26N4O4S/c1-3-30-18-14-19(17-7-5-4-6-8-17)32-22(18)23(29)27-11-9-26(10-12-27)15-21(28)24-20-13-16(2)31-25-20/h4-8,13-14H,3,9-12,15H2,1-2H3,(H,24,25,28). The number of aromatic nitrogens is 1. The van der Waals surface area contributed by atoms with Crippen LogP contribution in [0.5, 0.6) is 5.75 Å². The lowest BCUT2D eigenvalue weighted by molar-refractivity contribution is -0.117. The molecule has 1 saturated heterocycles. The van der Waals surface area contributed by atoms with E-state index in [9.17, 15) is 9.59 Å².